The predicted molar refractivity (Wildman–Crippen MR) is 87.7 cm³/mol. The third-order valence-corrected chi connectivity index (χ3v) is 4.69. The van der Waals surface area contributed by atoms with Crippen LogP contribution in [0.5, 0.6) is 0 Å². The highest BCUT2D eigenvalue weighted by Crippen LogP contribution is 2.25. The van der Waals surface area contributed by atoms with Gasteiger partial charge in [-0.2, -0.15) is 0 Å². The SMILES string of the molecule is CCCCCCC(C)([N+]1=C(C(N)=O)OCC1)[N+]1=C(C(N)=O)OCC1. The fraction of sp³-hybridized carbons (Fsp3) is 0.750. The maximum Gasteiger partial charge on any atom is 0.435 e. The van der Waals surface area contributed by atoms with E-state index in [0.717, 1.165) is 32.1 Å². The maximum absolute atomic E-state index is 11.7. The summed E-state index contributed by atoms with van der Waals surface area (Å²) in [4.78, 5) is 23.5. The van der Waals surface area contributed by atoms with Gasteiger partial charge in [-0.3, -0.25) is 9.59 Å². The number of primary amides is 2. The molecule has 8 heteroatoms. The van der Waals surface area contributed by atoms with Crippen LogP contribution in [0.3, 0.4) is 0 Å². The zero-order valence-corrected chi connectivity index (χ0v) is 14.5. The Morgan fingerprint density at radius 1 is 1.00 bits per heavy atom. The van der Waals surface area contributed by atoms with Gasteiger partial charge in [0, 0.05) is 0 Å². The number of nitrogens with two attached hydrogens (primary N) is 2. The third kappa shape index (κ3) is 3.52. The molecule has 0 saturated carbocycles. The van der Waals surface area contributed by atoms with E-state index in [-0.39, 0.29) is 11.8 Å². The van der Waals surface area contributed by atoms with E-state index in [0.29, 0.717) is 26.3 Å². The van der Waals surface area contributed by atoms with Gasteiger partial charge in [-0.15, -0.1) is 9.15 Å². The summed E-state index contributed by atoms with van der Waals surface area (Å²) in [7, 11) is 0. The second-order valence-electron chi connectivity index (χ2n) is 6.37. The van der Waals surface area contributed by atoms with E-state index in [4.69, 9.17) is 20.9 Å². The lowest BCUT2D eigenvalue weighted by Crippen LogP contribution is -2.54. The summed E-state index contributed by atoms with van der Waals surface area (Å²) < 4.78 is 14.6. The Balaban J connectivity index is 2.42. The molecule has 2 aliphatic heterocycles. The molecule has 0 unspecified atom stereocenters. The van der Waals surface area contributed by atoms with Crippen LogP contribution in [0.15, 0.2) is 0 Å². The van der Waals surface area contributed by atoms with Gasteiger partial charge in [0.25, 0.3) is 0 Å². The standard InChI is InChI=1S/C16H26N4O4/c1-3-4-5-6-7-16(2,19-8-10-23-14(19)12(17)21)20-9-11-24-15(20)13(18)22/h3-11H2,1-2H3,(H2-2,17,18,21,22)/p+2. The van der Waals surface area contributed by atoms with Crippen molar-refractivity contribution in [1.29, 1.82) is 0 Å². The van der Waals surface area contributed by atoms with Crippen molar-refractivity contribution in [1.82, 2.24) is 0 Å². The smallest absolute Gasteiger partial charge is 0.434 e. The predicted octanol–water partition coefficient (Wildman–Crippen LogP) is -0.474. The first-order valence-electron chi connectivity index (χ1n) is 8.56. The minimum Gasteiger partial charge on any atom is -0.434 e. The summed E-state index contributed by atoms with van der Waals surface area (Å²) in [5.41, 5.74) is 10.3. The first-order valence-corrected chi connectivity index (χ1v) is 8.56. The Morgan fingerprint density at radius 3 is 1.92 bits per heavy atom. The Labute approximate surface area is 142 Å². The fourth-order valence-corrected chi connectivity index (χ4v) is 3.46. The zero-order chi connectivity index (χ0) is 17.7. The van der Waals surface area contributed by atoms with Gasteiger partial charge in [0.1, 0.15) is 0 Å². The number of rotatable bonds is 9. The number of hydrogen-bond acceptors (Lipinski definition) is 4. The highest BCUT2D eigenvalue weighted by Gasteiger charge is 2.55. The molecule has 2 amide bonds. The molecule has 0 fully saturated rings. The average Bonchev–Trinajstić information content (AvgIpc) is 3.20. The molecule has 0 aliphatic carbocycles. The molecule has 8 nitrogen and oxygen atoms in total. The summed E-state index contributed by atoms with van der Waals surface area (Å²) in [6, 6.07) is 0. The van der Waals surface area contributed by atoms with Crippen LogP contribution in [-0.2, 0) is 19.1 Å². The minimum absolute atomic E-state index is 0.142. The average molecular weight is 340 g/mol. The lowest BCUT2D eigenvalue weighted by atomic mass is 10.0. The van der Waals surface area contributed by atoms with Crippen LogP contribution in [0.4, 0.5) is 0 Å². The molecule has 134 valence electrons. The molecular weight excluding hydrogens is 312 g/mol. The lowest BCUT2D eigenvalue weighted by Gasteiger charge is -2.21. The van der Waals surface area contributed by atoms with Crippen molar-refractivity contribution >= 4 is 23.6 Å². The minimum atomic E-state index is -0.643. The molecule has 4 N–H and O–H groups in total. The van der Waals surface area contributed by atoms with E-state index in [1.165, 1.54) is 0 Å². The number of carbonyl (C=O) groups is 2. The third-order valence-electron chi connectivity index (χ3n) is 4.69. The summed E-state index contributed by atoms with van der Waals surface area (Å²) in [6.45, 7) is 5.98. The van der Waals surface area contributed by atoms with E-state index in [1.54, 1.807) is 0 Å². The van der Waals surface area contributed by atoms with Crippen LogP contribution in [0.1, 0.15) is 46.0 Å². The Morgan fingerprint density at radius 2 is 1.50 bits per heavy atom. The van der Waals surface area contributed by atoms with Gasteiger partial charge in [-0.25, -0.2) is 0 Å². The van der Waals surface area contributed by atoms with Gasteiger partial charge in [0.05, 0.1) is 13.3 Å². The number of ether oxygens (including phenoxy) is 2. The summed E-state index contributed by atoms with van der Waals surface area (Å²) in [6.07, 6.45) is 5.05. The second kappa shape index (κ2) is 7.63. The molecule has 2 aliphatic rings. The number of amides is 2. The van der Waals surface area contributed by atoms with E-state index in [1.807, 2.05) is 16.1 Å². The largest absolute Gasteiger partial charge is 0.435 e. The van der Waals surface area contributed by atoms with Crippen molar-refractivity contribution in [2.24, 2.45) is 11.5 Å². The van der Waals surface area contributed by atoms with Crippen LogP contribution in [0.25, 0.3) is 0 Å². The topological polar surface area (TPSA) is 111 Å². The number of carbonyl (C=O) groups excluding carboxylic acids is 2. The molecule has 0 radical (unpaired) electrons. The molecule has 0 spiro atoms. The molecule has 0 aromatic rings. The molecule has 24 heavy (non-hydrogen) atoms. The van der Waals surface area contributed by atoms with Gasteiger partial charge in [-0.1, -0.05) is 26.2 Å². The number of hydrogen-bond donors (Lipinski definition) is 2. The first-order chi connectivity index (χ1) is 11.4. The summed E-state index contributed by atoms with van der Waals surface area (Å²) in [5, 5.41) is 0. The fourth-order valence-electron chi connectivity index (χ4n) is 3.46. The molecule has 0 aromatic heterocycles. The highest BCUT2D eigenvalue weighted by molar-refractivity contribution is 6.33. The van der Waals surface area contributed by atoms with Crippen LogP contribution in [-0.4, -0.2) is 64.7 Å². The van der Waals surface area contributed by atoms with Gasteiger partial charge >= 0.3 is 29.3 Å². The first kappa shape index (κ1) is 18.2. The van der Waals surface area contributed by atoms with Crippen molar-refractivity contribution in [3.63, 3.8) is 0 Å². The van der Waals surface area contributed by atoms with Crippen molar-refractivity contribution in [2.75, 3.05) is 26.3 Å². The lowest BCUT2D eigenvalue weighted by molar-refractivity contribution is -0.818. The molecule has 0 atom stereocenters. The molecular formula is C16H28N4O4+2. The number of unbranched alkanes of at least 4 members (excludes halogenated alkanes) is 3. The Hall–Kier alpha value is -2.12. The molecule has 0 saturated heterocycles. The van der Waals surface area contributed by atoms with E-state index in [9.17, 15) is 9.59 Å². The van der Waals surface area contributed by atoms with Crippen molar-refractivity contribution in [3.8, 4) is 0 Å². The monoisotopic (exact) mass is 340 g/mol. The van der Waals surface area contributed by atoms with Crippen molar-refractivity contribution in [2.45, 2.75) is 51.6 Å². The molecule has 2 rings (SSSR count). The van der Waals surface area contributed by atoms with Crippen LogP contribution < -0.4 is 11.5 Å². The van der Waals surface area contributed by atoms with Gasteiger partial charge in [0.2, 0.25) is 0 Å². The molecule has 0 aromatic carbocycles. The van der Waals surface area contributed by atoms with Crippen LogP contribution >= 0.6 is 0 Å². The molecule has 2 heterocycles. The highest BCUT2D eigenvalue weighted by atomic mass is 16.5. The summed E-state index contributed by atoms with van der Waals surface area (Å²) >= 11 is 0. The zero-order valence-electron chi connectivity index (χ0n) is 14.5. The van der Waals surface area contributed by atoms with Gasteiger partial charge in [-0.05, 0) is 6.42 Å². The van der Waals surface area contributed by atoms with Crippen LogP contribution in [0.2, 0.25) is 0 Å². The van der Waals surface area contributed by atoms with Crippen molar-refractivity contribution < 1.29 is 28.2 Å². The van der Waals surface area contributed by atoms with Gasteiger partial charge < -0.3 is 20.9 Å². The van der Waals surface area contributed by atoms with Gasteiger partial charge in [0.15, 0.2) is 26.3 Å². The van der Waals surface area contributed by atoms with E-state index >= 15 is 0 Å². The van der Waals surface area contributed by atoms with E-state index in [2.05, 4.69) is 6.92 Å². The second-order valence-corrected chi connectivity index (χ2v) is 6.37. The molecule has 0 bridgehead atoms. The van der Waals surface area contributed by atoms with Crippen molar-refractivity contribution in [3.05, 3.63) is 0 Å². The van der Waals surface area contributed by atoms with E-state index < -0.39 is 17.5 Å². The maximum atomic E-state index is 11.7. The Bertz CT molecular complexity index is 541. The summed E-state index contributed by atoms with van der Waals surface area (Å²) in [5.74, 6) is -0.923. The Kier molecular flexibility index (Phi) is 5.80. The van der Waals surface area contributed by atoms with Crippen LogP contribution in [0, 0.1) is 0 Å². The number of nitrogens with zero attached hydrogens (tertiary/aromatic N) is 2. The quantitative estimate of drug-likeness (QED) is 0.436. The normalized spacial score (nSPS) is 17.9.